The van der Waals surface area contributed by atoms with Crippen molar-refractivity contribution in [1.29, 1.82) is 0 Å². The van der Waals surface area contributed by atoms with Crippen LogP contribution in [-0.2, 0) is 14.3 Å². The van der Waals surface area contributed by atoms with Gasteiger partial charge in [-0.1, -0.05) is 12.8 Å². The summed E-state index contributed by atoms with van der Waals surface area (Å²) in [6, 6.07) is 0. The summed E-state index contributed by atoms with van der Waals surface area (Å²) in [5.74, 6) is 0.742. The van der Waals surface area contributed by atoms with E-state index in [1.54, 1.807) is 0 Å². The second kappa shape index (κ2) is 7.00. The Morgan fingerprint density at radius 2 is 1.88 bits per heavy atom. The van der Waals surface area contributed by atoms with E-state index in [0.29, 0.717) is 6.42 Å². The summed E-state index contributed by atoms with van der Waals surface area (Å²) in [6.07, 6.45) is 6.24. The molecule has 17 heavy (non-hydrogen) atoms. The fraction of sp³-hybridized carbons (Fsp3) is 0.929. The third-order valence-corrected chi connectivity index (χ3v) is 3.00. The highest BCUT2D eigenvalue weighted by molar-refractivity contribution is 5.69. The van der Waals surface area contributed by atoms with Crippen LogP contribution in [-0.4, -0.2) is 24.8 Å². The van der Waals surface area contributed by atoms with Crippen LogP contribution < -0.4 is 0 Å². The highest BCUT2D eigenvalue weighted by Gasteiger charge is 2.16. The molecule has 0 aliphatic carbocycles. The third kappa shape index (κ3) is 7.37. The summed E-state index contributed by atoms with van der Waals surface area (Å²) in [6.45, 7) is 7.56. The van der Waals surface area contributed by atoms with Gasteiger partial charge in [-0.15, -0.1) is 0 Å². The van der Waals surface area contributed by atoms with Crippen LogP contribution in [0, 0.1) is 5.92 Å². The zero-order valence-corrected chi connectivity index (χ0v) is 11.5. The monoisotopic (exact) mass is 242 g/mol. The molecule has 0 bridgehead atoms. The lowest BCUT2D eigenvalue weighted by Crippen LogP contribution is -2.23. The van der Waals surface area contributed by atoms with Crippen molar-refractivity contribution in [3.8, 4) is 0 Å². The second-order valence-electron chi connectivity index (χ2n) is 5.89. The average molecular weight is 242 g/mol. The number of unbranched alkanes of at least 4 members (excludes halogenated alkanes) is 1. The maximum atomic E-state index is 11.5. The second-order valence-corrected chi connectivity index (χ2v) is 5.89. The van der Waals surface area contributed by atoms with Crippen LogP contribution in [0.15, 0.2) is 0 Å². The summed E-state index contributed by atoms with van der Waals surface area (Å²) in [7, 11) is 0. The number of hydrogen-bond acceptors (Lipinski definition) is 3. The zero-order chi connectivity index (χ0) is 12.7. The lowest BCUT2D eigenvalue weighted by Gasteiger charge is -2.22. The maximum absolute atomic E-state index is 11.5. The Kier molecular flexibility index (Phi) is 5.96. The summed E-state index contributed by atoms with van der Waals surface area (Å²) < 4.78 is 10.6. The van der Waals surface area contributed by atoms with Crippen molar-refractivity contribution in [2.45, 2.75) is 64.9 Å². The molecule has 1 rings (SSSR count). The van der Waals surface area contributed by atoms with Gasteiger partial charge in [-0.3, -0.25) is 4.79 Å². The molecule has 0 aromatic carbocycles. The van der Waals surface area contributed by atoms with Crippen LogP contribution in [0.25, 0.3) is 0 Å². The number of carbonyl (C=O) groups excluding carboxylic acids is 1. The minimum absolute atomic E-state index is 0.0653. The van der Waals surface area contributed by atoms with E-state index in [4.69, 9.17) is 9.47 Å². The van der Waals surface area contributed by atoms with Gasteiger partial charge in [0.2, 0.25) is 0 Å². The molecule has 1 aliphatic heterocycles. The Hall–Kier alpha value is -0.570. The summed E-state index contributed by atoms with van der Waals surface area (Å²) >= 11 is 0. The molecule has 0 aromatic heterocycles. The van der Waals surface area contributed by atoms with Crippen molar-refractivity contribution in [3.63, 3.8) is 0 Å². The molecular formula is C14H26O3. The van der Waals surface area contributed by atoms with Gasteiger partial charge in [0.25, 0.3) is 0 Å². The normalized spacial score (nSPS) is 18.1. The first-order chi connectivity index (χ1) is 7.97. The molecular weight excluding hydrogens is 216 g/mol. The quantitative estimate of drug-likeness (QED) is 0.548. The first kappa shape index (κ1) is 14.5. The smallest absolute Gasteiger partial charge is 0.306 e. The van der Waals surface area contributed by atoms with Crippen LogP contribution in [0.5, 0.6) is 0 Å². The molecule has 0 radical (unpaired) electrons. The van der Waals surface area contributed by atoms with Gasteiger partial charge in [0.05, 0.1) is 0 Å². The molecule has 3 nitrogen and oxygen atoms in total. The van der Waals surface area contributed by atoms with Gasteiger partial charge in [-0.25, -0.2) is 0 Å². The molecule has 100 valence electrons. The predicted octanol–water partition coefficient (Wildman–Crippen LogP) is 3.32. The molecule has 1 saturated heterocycles. The molecule has 1 aliphatic rings. The van der Waals surface area contributed by atoms with E-state index in [-0.39, 0.29) is 11.6 Å². The maximum Gasteiger partial charge on any atom is 0.306 e. The van der Waals surface area contributed by atoms with Gasteiger partial charge >= 0.3 is 5.97 Å². The molecule has 0 aromatic rings. The topological polar surface area (TPSA) is 35.5 Å². The Bertz CT molecular complexity index is 224. The molecule has 1 heterocycles. The lowest BCUT2D eigenvalue weighted by molar-refractivity contribution is -0.154. The van der Waals surface area contributed by atoms with E-state index in [1.165, 1.54) is 19.3 Å². The Balaban J connectivity index is 2.01. The van der Waals surface area contributed by atoms with E-state index in [9.17, 15) is 4.79 Å². The van der Waals surface area contributed by atoms with Crippen molar-refractivity contribution in [1.82, 2.24) is 0 Å². The highest BCUT2D eigenvalue weighted by atomic mass is 16.6. The van der Waals surface area contributed by atoms with Gasteiger partial charge in [-0.2, -0.15) is 0 Å². The van der Waals surface area contributed by atoms with Crippen LogP contribution >= 0.6 is 0 Å². The fourth-order valence-electron chi connectivity index (χ4n) is 2.13. The number of carbonyl (C=O) groups is 1. The van der Waals surface area contributed by atoms with E-state index in [1.807, 2.05) is 20.8 Å². The van der Waals surface area contributed by atoms with Gasteiger partial charge in [0.15, 0.2) is 0 Å². The Labute approximate surface area is 105 Å². The van der Waals surface area contributed by atoms with Crippen molar-refractivity contribution in [2.24, 2.45) is 5.92 Å². The Morgan fingerprint density at radius 1 is 1.24 bits per heavy atom. The van der Waals surface area contributed by atoms with Crippen LogP contribution in [0.3, 0.4) is 0 Å². The van der Waals surface area contributed by atoms with Gasteiger partial charge in [0, 0.05) is 19.6 Å². The molecule has 0 spiro atoms. The Morgan fingerprint density at radius 3 is 2.47 bits per heavy atom. The number of hydrogen-bond donors (Lipinski definition) is 0. The number of esters is 1. The summed E-state index contributed by atoms with van der Waals surface area (Å²) in [5, 5.41) is 0. The third-order valence-electron chi connectivity index (χ3n) is 3.00. The van der Waals surface area contributed by atoms with Gasteiger partial charge in [-0.05, 0) is 46.0 Å². The minimum atomic E-state index is -0.349. The largest absolute Gasteiger partial charge is 0.460 e. The van der Waals surface area contributed by atoms with E-state index >= 15 is 0 Å². The molecule has 1 fully saturated rings. The highest BCUT2D eigenvalue weighted by Crippen LogP contribution is 2.21. The zero-order valence-electron chi connectivity index (χ0n) is 11.5. The number of rotatable bonds is 5. The van der Waals surface area contributed by atoms with Crippen molar-refractivity contribution < 1.29 is 14.3 Å². The van der Waals surface area contributed by atoms with E-state index in [0.717, 1.165) is 32.0 Å². The molecule has 0 atom stereocenters. The minimum Gasteiger partial charge on any atom is -0.460 e. The van der Waals surface area contributed by atoms with Crippen LogP contribution in [0.2, 0.25) is 0 Å². The van der Waals surface area contributed by atoms with E-state index in [2.05, 4.69) is 0 Å². The predicted molar refractivity (Wildman–Crippen MR) is 67.9 cm³/mol. The molecule has 0 unspecified atom stereocenters. The number of ether oxygens (including phenoxy) is 2. The standard InChI is InChI=1S/C14H26O3/c1-14(2,3)17-13(15)7-5-4-6-12-8-10-16-11-9-12/h12H,4-11H2,1-3H3. The van der Waals surface area contributed by atoms with Crippen molar-refractivity contribution >= 4 is 5.97 Å². The van der Waals surface area contributed by atoms with Crippen LogP contribution in [0.1, 0.15) is 59.3 Å². The van der Waals surface area contributed by atoms with E-state index < -0.39 is 0 Å². The molecule has 0 amide bonds. The van der Waals surface area contributed by atoms with Crippen LogP contribution in [0.4, 0.5) is 0 Å². The van der Waals surface area contributed by atoms with Gasteiger partial charge in [0.1, 0.15) is 5.60 Å². The molecule has 0 N–H and O–H groups in total. The van der Waals surface area contributed by atoms with Gasteiger partial charge < -0.3 is 9.47 Å². The first-order valence-corrected chi connectivity index (χ1v) is 6.77. The van der Waals surface area contributed by atoms with Crippen molar-refractivity contribution in [2.75, 3.05) is 13.2 Å². The molecule has 3 heteroatoms. The first-order valence-electron chi connectivity index (χ1n) is 6.77. The lowest BCUT2D eigenvalue weighted by atomic mass is 9.94. The fourth-order valence-corrected chi connectivity index (χ4v) is 2.13. The molecule has 0 saturated carbocycles. The average Bonchev–Trinajstić information content (AvgIpc) is 2.23. The summed E-state index contributed by atoms with van der Waals surface area (Å²) in [5.41, 5.74) is -0.349. The SMILES string of the molecule is CC(C)(C)OC(=O)CCCCC1CCOCC1. The van der Waals surface area contributed by atoms with Crippen molar-refractivity contribution in [3.05, 3.63) is 0 Å². The summed E-state index contributed by atoms with van der Waals surface area (Å²) in [4.78, 5) is 11.5.